The van der Waals surface area contributed by atoms with Gasteiger partial charge in [-0.25, -0.2) is 0 Å². The van der Waals surface area contributed by atoms with Crippen molar-refractivity contribution < 1.29 is 4.74 Å². The van der Waals surface area contributed by atoms with Crippen LogP contribution in [0.15, 0.2) is 18.2 Å². The van der Waals surface area contributed by atoms with Gasteiger partial charge >= 0.3 is 0 Å². The molecular formula is C17H24N2O. The topological polar surface area (TPSA) is 36.3 Å². The van der Waals surface area contributed by atoms with Gasteiger partial charge in [0.25, 0.3) is 0 Å². The zero-order valence-electron chi connectivity index (χ0n) is 12.7. The van der Waals surface area contributed by atoms with Crippen molar-refractivity contribution in [3.63, 3.8) is 0 Å². The third kappa shape index (κ3) is 3.32. The molecule has 0 spiro atoms. The van der Waals surface area contributed by atoms with Gasteiger partial charge in [-0.05, 0) is 43.5 Å². The predicted octanol–water partition coefficient (Wildman–Crippen LogP) is 3.58. The Morgan fingerprint density at radius 1 is 1.35 bits per heavy atom. The maximum Gasteiger partial charge on any atom is 0.136 e. The van der Waals surface area contributed by atoms with Crippen molar-refractivity contribution in [1.82, 2.24) is 4.90 Å². The van der Waals surface area contributed by atoms with Crippen molar-refractivity contribution in [2.75, 3.05) is 14.2 Å². The first kappa shape index (κ1) is 14.9. The Balaban J connectivity index is 2.07. The molecule has 3 nitrogen and oxygen atoms in total. The Morgan fingerprint density at radius 2 is 2.10 bits per heavy atom. The number of nitrogens with zero attached hydrogens (tertiary/aromatic N) is 2. The molecule has 2 rings (SSSR count). The van der Waals surface area contributed by atoms with Crippen LogP contribution in [-0.2, 0) is 6.54 Å². The minimum atomic E-state index is 0.620. The zero-order valence-corrected chi connectivity index (χ0v) is 12.7. The van der Waals surface area contributed by atoms with Crippen LogP contribution in [0.5, 0.6) is 5.75 Å². The van der Waals surface area contributed by atoms with E-state index in [1.807, 2.05) is 12.1 Å². The van der Waals surface area contributed by atoms with Crippen molar-refractivity contribution in [3.05, 3.63) is 29.3 Å². The Morgan fingerprint density at radius 3 is 2.75 bits per heavy atom. The molecular weight excluding hydrogens is 248 g/mol. The minimum Gasteiger partial charge on any atom is -0.495 e. The van der Waals surface area contributed by atoms with Crippen molar-refractivity contribution in [1.29, 1.82) is 5.26 Å². The third-order valence-corrected chi connectivity index (χ3v) is 4.45. The van der Waals surface area contributed by atoms with Gasteiger partial charge in [0.1, 0.15) is 11.8 Å². The van der Waals surface area contributed by atoms with Gasteiger partial charge in [-0.2, -0.15) is 5.26 Å². The van der Waals surface area contributed by atoms with Crippen LogP contribution in [0.4, 0.5) is 0 Å². The highest BCUT2D eigenvalue weighted by atomic mass is 16.5. The summed E-state index contributed by atoms with van der Waals surface area (Å²) in [7, 11) is 3.80. The van der Waals surface area contributed by atoms with Gasteiger partial charge in [0.05, 0.1) is 12.7 Å². The number of methoxy groups -OCH3 is 1. The second kappa shape index (κ2) is 6.76. The number of rotatable bonds is 4. The van der Waals surface area contributed by atoms with Crippen LogP contribution in [0.1, 0.15) is 43.7 Å². The second-order valence-corrected chi connectivity index (χ2v) is 5.89. The lowest BCUT2D eigenvalue weighted by atomic mass is 9.85. The minimum absolute atomic E-state index is 0.620. The molecule has 1 aliphatic rings. The molecule has 2 atom stereocenters. The van der Waals surface area contributed by atoms with Crippen molar-refractivity contribution in [3.8, 4) is 11.8 Å². The van der Waals surface area contributed by atoms with E-state index < -0.39 is 0 Å². The van der Waals surface area contributed by atoms with E-state index in [1.54, 1.807) is 7.11 Å². The summed E-state index contributed by atoms with van der Waals surface area (Å²) < 4.78 is 5.19. The summed E-state index contributed by atoms with van der Waals surface area (Å²) in [6, 6.07) is 8.77. The van der Waals surface area contributed by atoms with Crippen molar-refractivity contribution >= 4 is 0 Å². The zero-order chi connectivity index (χ0) is 14.5. The van der Waals surface area contributed by atoms with Gasteiger partial charge in [0, 0.05) is 12.6 Å². The first-order chi connectivity index (χ1) is 9.65. The van der Waals surface area contributed by atoms with E-state index in [2.05, 4.69) is 31.0 Å². The number of benzene rings is 1. The van der Waals surface area contributed by atoms with Gasteiger partial charge in [-0.15, -0.1) is 0 Å². The number of ether oxygens (including phenoxy) is 1. The van der Waals surface area contributed by atoms with E-state index in [4.69, 9.17) is 10.00 Å². The number of hydrogen-bond donors (Lipinski definition) is 0. The Kier molecular flexibility index (Phi) is 5.03. The van der Waals surface area contributed by atoms with Crippen LogP contribution in [-0.4, -0.2) is 25.1 Å². The molecule has 2 unspecified atom stereocenters. The monoisotopic (exact) mass is 272 g/mol. The van der Waals surface area contributed by atoms with E-state index in [0.717, 1.165) is 12.5 Å². The lowest BCUT2D eigenvalue weighted by Gasteiger charge is -2.36. The van der Waals surface area contributed by atoms with E-state index >= 15 is 0 Å². The number of hydrogen-bond acceptors (Lipinski definition) is 3. The van der Waals surface area contributed by atoms with Crippen LogP contribution in [0.25, 0.3) is 0 Å². The molecule has 1 saturated carbocycles. The van der Waals surface area contributed by atoms with E-state index in [-0.39, 0.29) is 0 Å². The smallest absolute Gasteiger partial charge is 0.136 e. The molecule has 108 valence electrons. The Bertz CT molecular complexity index is 492. The molecule has 0 N–H and O–H groups in total. The summed E-state index contributed by atoms with van der Waals surface area (Å²) in [6.45, 7) is 3.25. The fourth-order valence-electron chi connectivity index (χ4n) is 3.30. The summed E-state index contributed by atoms with van der Waals surface area (Å²) in [4.78, 5) is 2.44. The SMILES string of the molecule is COc1ccc(CN(C)C2CCCCC2C)cc1C#N. The fourth-order valence-corrected chi connectivity index (χ4v) is 3.30. The highest BCUT2D eigenvalue weighted by Gasteiger charge is 2.24. The normalized spacial score (nSPS) is 22.6. The van der Waals surface area contributed by atoms with Gasteiger partial charge in [-0.3, -0.25) is 4.90 Å². The molecule has 0 saturated heterocycles. The first-order valence-electron chi connectivity index (χ1n) is 7.43. The van der Waals surface area contributed by atoms with Gasteiger partial charge in [0.15, 0.2) is 0 Å². The van der Waals surface area contributed by atoms with Crippen molar-refractivity contribution in [2.24, 2.45) is 5.92 Å². The van der Waals surface area contributed by atoms with Crippen molar-refractivity contribution in [2.45, 2.75) is 45.2 Å². The van der Waals surface area contributed by atoms with E-state index in [0.29, 0.717) is 17.4 Å². The average Bonchev–Trinajstić information content (AvgIpc) is 2.47. The summed E-state index contributed by atoms with van der Waals surface area (Å²) in [6.07, 6.45) is 5.33. The lowest BCUT2D eigenvalue weighted by molar-refractivity contribution is 0.133. The van der Waals surface area contributed by atoms with Crippen LogP contribution in [0.2, 0.25) is 0 Å². The predicted molar refractivity (Wildman–Crippen MR) is 80.6 cm³/mol. The Labute approximate surface area is 122 Å². The molecule has 1 fully saturated rings. The summed E-state index contributed by atoms with van der Waals surface area (Å²) >= 11 is 0. The maximum absolute atomic E-state index is 9.16. The first-order valence-corrected chi connectivity index (χ1v) is 7.43. The summed E-state index contributed by atoms with van der Waals surface area (Å²) in [5.41, 5.74) is 1.80. The molecule has 20 heavy (non-hydrogen) atoms. The molecule has 1 aromatic rings. The molecule has 0 amide bonds. The van der Waals surface area contributed by atoms with Crippen LogP contribution < -0.4 is 4.74 Å². The van der Waals surface area contributed by atoms with Gasteiger partial charge < -0.3 is 4.74 Å². The van der Waals surface area contributed by atoms with E-state index in [1.165, 1.54) is 31.2 Å². The highest BCUT2D eigenvalue weighted by Crippen LogP contribution is 2.28. The third-order valence-electron chi connectivity index (χ3n) is 4.45. The molecule has 3 heteroatoms. The molecule has 1 aliphatic carbocycles. The highest BCUT2D eigenvalue weighted by molar-refractivity contribution is 5.45. The molecule has 0 radical (unpaired) electrons. The maximum atomic E-state index is 9.16. The largest absolute Gasteiger partial charge is 0.495 e. The molecule has 0 aliphatic heterocycles. The van der Waals surface area contributed by atoms with Gasteiger partial charge in [-0.1, -0.05) is 25.8 Å². The van der Waals surface area contributed by atoms with Crippen LogP contribution in [0, 0.1) is 17.2 Å². The molecule has 0 heterocycles. The lowest BCUT2D eigenvalue weighted by Crippen LogP contribution is -2.38. The fraction of sp³-hybridized carbons (Fsp3) is 0.588. The summed E-state index contributed by atoms with van der Waals surface area (Å²) in [5.74, 6) is 1.42. The standard InChI is InChI=1S/C17H24N2O/c1-13-6-4-5-7-16(13)19(2)12-14-8-9-17(20-3)15(10-14)11-18/h8-10,13,16H,4-7,12H2,1-3H3. The second-order valence-electron chi connectivity index (χ2n) is 5.89. The number of nitriles is 1. The van der Waals surface area contributed by atoms with Crippen LogP contribution in [0.3, 0.4) is 0 Å². The Hall–Kier alpha value is -1.53. The van der Waals surface area contributed by atoms with Crippen LogP contribution >= 0.6 is 0 Å². The van der Waals surface area contributed by atoms with Gasteiger partial charge in [0.2, 0.25) is 0 Å². The average molecular weight is 272 g/mol. The molecule has 0 aromatic heterocycles. The van der Waals surface area contributed by atoms with E-state index in [9.17, 15) is 0 Å². The molecule has 1 aromatic carbocycles. The summed E-state index contributed by atoms with van der Waals surface area (Å²) in [5, 5.41) is 9.16. The molecule has 0 bridgehead atoms. The quantitative estimate of drug-likeness (QED) is 0.840.